The quantitative estimate of drug-likeness (QED) is 0.0516. The van der Waals surface area contributed by atoms with E-state index in [1.54, 1.807) is 0 Å². The molecule has 0 atom stereocenters. The number of hydrogen-bond donors (Lipinski definition) is 1. The molecular weight excluding hydrogens is 498 g/mol. The van der Waals surface area contributed by atoms with E-state index in [-0.39, 0.29) is 11.9 Å². The Morgan fingerprint density at radius 3 is 1.27 bits per heavy atom. The molecule has 0 aromatic carbocycles. The van der Waals surface area contributed by atoms with Crippen LogP contribution in [0.2, 0.25) is 0 Å². The molecule has 0 aromatic rings. The molecule has 40 heavy (non-hydrogen) atoms. The zero-order valence-electron chi connectivity index (χ0n) is 26.5. The fraction of sp³-hybridized carbons (Fsp3) is 0.829. The van der Waals surface area contributed by atoms with E-state index in [1.807, 2.05) is 12.2 Å². The molecule has 0 heterocycles. The van der Waals surface area contributed by atoms with Crippen LogP contribution < -0.4 is 5.32 Å². The van der Waals surface area contributed by atoms with Crippen LogP contribution in [0.5, 0.6) is 0 Å². The smallest absolute Gasteiger partial charge is 0.306 e. The fourth-order valence-corrected chi connectivity index (χ4v) is 4.58. The summed E-state index contributed by atoms with van der Waals surface area (Å²) in [6.07, 6.45) is 34.3. The molecule has 1 N–H and O–H groups in total. The summed E-state index contributed by atoms with van der Waals surface area (Å²) in [5.74, 6) is -0.124. The van der Waals surface area contributed by atoms with Gasteiger partial charge in [-0.1, -0.05) is 122 Å². The third kappa shape index (κ3) is 32.6. The molecule has 0 aliphatic rings. The van der Waals surface area contributed by atoms with Gasteiger partial charge in [-0.15, -0.1) is 0 Å². The molecule has 0 bridgehead atoms. The number of carbonyl (C=O) groups excluding carboxylic acids is 2. The van der Waals surface area contributed by atoms with Crippen LogP contribution in [0.4, 0.5) is 0 Å². The number of nitrogens with one attached hydrogen (secondary N) is 1. The topological polar surface area (TPSA) is 64.6 Å². The van der Waals surface area contributed by atoms with Crippen molar-refractivity contribution in [1.29, 1.82) is 0 Å². The van der Waals surface area contributed by atoms with Gasteiger partial charge in [0.15, 0.2) is 0 Å². The summed E-state index contributed by atoms with van der Waals surface area (Å²) in [5.41, 5.74) is 0. The Kier molecular flexibility index (Phi) is 32.2. The number of ether oxygens (including phenoxy) is 2. The van der Waals surface area contributed by atoms with Crippen molar-refractivity contribution < 1.29 is 19.1 Å². The van der Waals surface area contributed by atoms with Crippen LogP contribution in [-0.4, -0.2) is 38.2 Å². The van der Waals surface area contributed by atoms with E-state index in [2.05, 4.69) is 31.3 Å². The Bertz CT molecular complexity index is 550. The van der Waals surface area contributed by atoms with Crippen molar-refractivity contribution >= 4 is 11.9 Å². The van der Waals surface area contributed by atoms with E-state index in [9.17, 15) is 9.59 Å². The van der Waals surface area contributed by atoms with Gasteiger partial charge < -0.3 is 14.8 Å². The summed E-state index contributed by atoms with van der Waals surface area (Å²) in [7, 11) is 0. The van der Waals surface area contributed by atoms with E-state index in [0.29, 0.717) is 26.1 Å². The van der Waals surface area contributed by atoms with Crippen molar-refractivity contribution in [3.8, 4) is 0 Å². The Morgan fingerprint density at radius 1 is 0.475 bits per heavy atom. The van der Waals surface area contributed by atoms with Crippen LogP contribution in [0.1, 0.15) is 162 Å². The molecule has 0 saturated carbocycles. The van der Waals surface area contributed by atoms with E-state index in [4.69, 9.17) is 9.47 Å². The minimum absolute atomic E-state index is 0.0610. The summed E-state index contributed by atoms with van der Waals surface area (Å²) in [6.45, 7) is 7.47. The molecule has 0 amide bonds. The summed E-state index contributed by atoms with van der Waals surface area (Å²) >= 11 is 0. The maximum Gasteiger partial charge on any atom is 0.306 e. The maximum absolute atomic E-state index is 11.8. The SMILES string of the molecule is CCCCCC/C=C\COC(=O)CCCCCCCCNCCCCCCCC(=O)OC/C=C\CCCCCC. The van der Waals surface area contributed by atoms with Gasteiger partial charge in [-0.05, 0) is 64.5 Å². The van der Waals surface area contributed by atoms with Crippen molar-refractivity contribution in [2.24, 2.45) is 0 Å². The molecule has 5 nitrogen and oxygen atoms in total. The van der Waals surface area contributed by atoms with Crippen LogP contribution in [0.15, 0.2) is 24.3 Å². The summed E-state index contributed by atoms with van der Waals surface area (Å²) in [4.78, 5) is 23.5. The second-order valence-electron chi connectivity index (χ2n) is 11.1. The van der Waals surface area contributed by atoms with Crippen molar-refractivity contribution in [2.45, 2.75) is 162 Å². The maximum atomic E-state index is 11.8. The van der Waals surface area contributed by atoms with Crippen LogP contribution in [0.25, 0.3) is 0 Å². The lowest BCUT2D eigenvalue weighted by atomic mass is 10.1. The molecule has 0 spiro atoms. The molecule has 0 fully saturated rings. The summed E-state index contributed by atoms with van der Waals surface area (Å²) in [6, 6.07) is 0. The lowest BCUT2D eigenvalue weighted by Gasteiger charge is -2.06. The van der Waals surface area contributed by atoms with Crippen LogP contribution in [0.3, 0.4) is 0 Å². The molecule has 0 radical (unpaired) electrons. The third-order valence-electron chi connectivity index (χ3n) is 7.18. The monoisotopic (exact) mass is 563 g/mol. The predicted octanol–water partition coefficient (Wildman–Crippen LogP) is 9.79. The Labute approximate surface area is 248 Å². The Hall–Kier alpha value is -1.62. The first kappa shape index (κ1) is 38.4. The van der Waals surface area contributed by atoms with E-state index >= 15 is 0 Å². The van der Waals surface area contributed by atoms with Gasteiger partial charge in [0.1, 0.15) is 13.2 Å². The van der Waals surface area contributed by atoms with Crippen molar-refractivity contribution in [1.82, 2.24) is 5.32 Å². The zero-order chi connectivity index (χ0) is 29.2. The third-order valence-corrected chi connectivity index (χ3v) is 7.18. The molecule has 0 saturated heterocycles. The van der Waals surface area contributed by atoms with Crippen molar-refractivity contribution in [3.63, 3.8) is 0 Å². The Morgan fingerprint density at radius 2 is 0.850 bits per heavy atom. The molecule has 5 heteroatoms. The lowest BCUT2D eigenvalue weighted by molar-refractivity contribution is -0.143. The van der Waals surface area contributed by atoms with Crippen molar-refractivity contribution in [3.05, 3.63) is 24.3 Å². The highest BCUT2D eigenvalue weighted by Gasteiger charge is 2.02. The molecule has 0 unspecified atom stereocenters. The number of esters is 2. The standard InChI is InChI=1S/C35H65NO4/c1-3-5-7-9-13-20-26-32-39-34(37)28-22-16-11-12-18-24-30-36-31-25-19-15-17-23-29-35(38)40-33-27-21-14-10-8-6-4-2/h20-21,26-27,36H,3-19,22-25,28-33H2,1-2H3/b26-20-,27-21-. The van der Waals surface area contributed by atoms with Crippen LogP contribution >= 0.6 is 0 Å². The minimum atomic E-state index is -0.0634. The van der Waals surface area contributed by atoms with Gasteiger partial charge in [-0.25, -0.2) is 0 Å². The van der Waals surface area contributed by atoms with Gasteiger partial charge in [0.05, 0.1) is 0 Å². The lowest BCUT2D eigenvalue weighted by Crippen LogP contribution is -2.16. The molecule has 0 aliphatic carbocycles. The first-order chi connectivity index (χ1) is 19.7. The summed E-state index contributed by atoms with van der Waals surface area (Å²) in [5, 5.41) is 3.55. The Balaban J connectivity index is 3.26. The molecule has 0 aliphatic heterocycles. The minimum Gasteiger partial charge on any atom is -0.461 e. The number of hydrogen-bond acceptors (Lipinski definition) is 5. The van der Waals surface area contributed by atoms with Gasteiger partial charge >= 0.3 is 11.9 Å². The van der Waals surface area contributed by atoms with Gasteiger partial charge in [0.2, 0.25) is 0 Å². The van der Waals surface area contributed by atoms with Gasteiger partial charge in [-0.2, -0.15) is 0 Å². The van der Waals surface area contributed by atoms with Crippen LogP contribution in [-0.2, 0) is 19.1 Å². The van der Waals surface area contributed by atoms with Crippen molar-refractivity contribution in [2.75, 3.05) is 26.3 Å². The fourth-order valence-electron chi connectivity index (χ4n) is 4.58. The van der Waals surface area contributed by atoms with Crippen LogP contribution in [0, 0.1) is 0 Å². The largest absolute Gasteiger partial charge is 0.461 e. The number of allylic oxidation sites excluding steroid dienone is 2. The van der Waals surface area contributed by atoms with Gasteiger partial charge in [0.25, 0.3) is 0 Å². The van der Waals surface area contributed by atoms with Gasteiger partial charge in [0, 0.05) is 12.8 Å². The highest BCUT2D eigenvalue weighted by atomic mass is 16.5. The number of unbranched alkanes of at least 4 members (excludes halogenated alkanes) is 17. The highest BCUT2D eigenvalue weighted by molar-refractivity contribution is 5.69. The molecule has 0 rings (SSSR count). The predicted molar refractivity (Wildman–Crippen MR) is 171 cm³/mol. The number of carbonyl (C=O) groups is 2. The zero-order valence-corrected chi connectivity index (χ0v) is 26.5. The van der Waals surface area contributed by atoms with E-state index in [1.165, 1.54) is 96.3 Å². The average Bonchev–Trinajstić information content (AvgIpc) is 2.95. The first-order valence-electron chi connectivity index (χ1n) is 17.0. The molecule has 0 aromatic heterocycles. The summed E-state index contributed by atoms with van der Waals surface area (Å²) < 4.78 is 10.5. The van der Waals surface area contributed by atoms with E-state index in [0.717, 1.165) is 51.6 Å². The highest BCUT2D eigenvalue weighted by Crippen LogP contribution is 2.09. The normalized spacial score (nSPS) is 11.6. The first-order valence-corrected chi connectivity index (χ1v) is 17.0. The van der Waals surface area contributed by atoms with Gasteiger partial charge in [-0.3, -0.25) is 9.59 Å². The second-order valence-corrected chi connectivity index (χ2v) is 11.1. The number of rotatable bonds is 31. The van der Waals surface area contributed by atoms with E-state index < -0.39 is 0 Å². The average molecular weight is 564 g/mol. The second kappa shape index (κ2) is 33.6. The molecular formula is C35H65NO4. The molecule has 234 valence electrons.